The zero-order chi connectivity index (χ0) is 24.2. The molecule has 0 bridgehead atoms. The third-order valence-corrected chi connectivity index (χ3v) is 5.85. The van der Waals surface area contributed by atoms with Crippen molar-refractivity contribution in [2.75, 3.05) is 7.11 Å². The Morgan fingerprint density at radius 1 is 1.09 bits per heavy atom. The first-order valence-corrected chi connectivity index (χ1v) is 11.1. The third-order valence-electron chi connectivity index (χ3n) is 5.42. The van der Waals surface area contributed by atoms with Crippen molar-refractivity contribution in [2.24, 2.45) is 5.92 Å². The first-order valence-electron chi connectivity index (χ1n) is 10.4. The van der Waals surface area contributed by atoms with E-state index in [1.54, 1.807) is 48.6 Å². The van der Waals surface area contributed by atoms with Crippen molar-refractivity contribution in [1.29, 1.82) is 0 Å². The van der Waals surface area contributed by atoms with Gasteiger partial charge in [0.2, 0.25) is 0 Å². The summed E-state index contributed by atoms with van der Waals surface area (Å²) in [6.07, 6.45) is 3.96. The fourth-order valence-corrected chi connectivity index (χ4v) is 4.41. The minimum Gasteiger partial charge on any atom is -0.469 e. The molecule has 1 aliphatic carbocycles. The molecule has 0 saturated heterocycles. The Morgan fingerprint density at radius 3 is 2.53 bits per heavy atom. The molecule has 9 heteroatoms. The molecule has 1 N–H and O–H groups in total. The second kappa shape index (κ2) is 10.3. The van der Waals surface area contributed by atoms with Crippen molar-refractivity contribution in [1.82, 2.24) is 5.32 Å². The number of nitrogens with one attached hydrogen (secondary N) is 1. The zero-order valence-corrected chi connectivity index (χ0v) is 19.5. The lowest BCUT2D eigenvalue weighted by Gasteiger charge is -2.22. The van der Waals surface area contributed by atoms with Crippen LogP contribution in [0.2, 0.25) is 10.0 Å². The number of hydrogen-bond acceptors (Lipinski definition) is 5. The van der Waals surface area contributed by atoms with Gasteiger partial charge >= 0.3 is 5.97 Å². The maximum absolute atomic E-state index is 14.4. The van der Waals surface area contributed by atoms with Crippen LogP contribution in [-0.4, -0.2) is 25.0 Å². The van der Waals surface area contributed by atoms with Crippen LogP contribution in [-0.2, 0) is 9.53 Å². The number of allylic oxidation sites excluding steroid dienone is 1. The van der Waals surface area contributed by atoms with E-state index in [1.807, 2.05) is 0 Å². The largest absolute Gasteiger partial charge is 0.469 e. The maximum Gasteiger partial charge on any atom is 0.313 e. The van der Waals surface area contributed by atoms with Crippen LogP contribution in [0.15, 0.2) is 71.2 Å². The van der Waals surface area contributed by atoms with Gasteiger partial charge < -0.3 is 19.2 Å². The number of rotatable bonds is 7. The van der Waals surface area contributed by atoms with Gasteiger partial charge in [-0.2, -0.15) is 0 Å². The van der Waals surface area contributed by atoms with Gasteiger partial charge in [-0.1, -0.05) is 53.6 Å². The van der Waals surface area contributed by atoms with Gasteiger partial charge in [0.1, 0.15) is 11.6 Å². The highest BCUT2D eigenvalue weighted by Gasteiger charge is 2.35. The third kappa shape index (κ3) is 5.43. The molecule has 1 aromatic heterocycles. The maximum atomic E-state index is 14.4. The molecule has 3 aromatic rings. The van der Waals surface area contributed by atoms with Crippen molar-refractivity contribution in [2.45, 2.75) is 18.4 Å². The van der Waals surface area contributed by atoms with Crippen molar-refractivity contribution < 1.29 is 27.9 Å². The van der Waals surface area contributed by atoms with Gasteiger partial charge in [0, 0.05) is 27.7 Å². The highest BCUT2D eigenvalue weighted by atomic mass is 35.5. The molecule has 6 nitrogen and oxygen atoms in total. The number of benzene rings is 2. The summed E-state index contributed by atoms with van der Waals surface area (Å²) in [4.78, 5) is 25.1. The molecule has 2 aromatic carbocycles. The van der Waals surface area contributed by atoms with Gasteiger partial charge in [0.25, 0.3) is 11.9 Å². The Balaban J connectivity index is 1.41. The smallest absolute Gasteiger partial charge is 0.313 e. The number of amides is 1. The Morgan fingerprint density at radius 2 is 1.82 bits per heavy atom. The lowest BCUT2D eigenvalue weighted by atomic mass is 9.85. The Bertz CT molecular complexity index is 1220. The molecule has 0 saturated carbocycles. The topological polar surface area (TPSA) is 77.8 Å². The van der Waals surface area contributed by atoms with Crippen LogP contribution in [0, 0.1) is 11.7 Å². The zero-order valence-electron chi connectivity index (χ0n) is 18.0. The highest BCUT2D eigenvalue weighted by molar-refractivity contribution is 6.34. The Labute approximate surface area is 205 Å². The summed E-state index contributed by atoms with van der Waals surface area (Å²) in [6.45, 7) is 0. The van der Waals surface area contributed by atoms with Crippen molar-refractivity contribution >= 4 is 35.1 Å². The summed E-state index contributed by atoms with van der Waals surface area (Å²) in [5, 5.41) is 3.63. The molecule has 0 radical (unpaired) electrons. The van der Waals surface area contributed by atoms with Gasteiger partial charge in [-0.3, -0.25) is 9.59 Å². The van der Waals surface area contributed by atoms with E-state index in [0.717, 1.165) is 0 Å². The fraction of sp³-hybridized carbons (Fsp3) is 0.200. The predicted octanol–water partition coefficient (Wildman–Crippen LogP) is 6.15. The minimum atomic E-state index is -0.822. The summed E-state index contributed by atoms with van der Waals surface area (Å²) in [6, 6.07) is 13.4. The number of carbonyl (C=O) groups excluding carboxylic acids is 2. The second-order valence-corrected chi connectivity index (χ2v) is 8.59. The van der Waals surface area contributed by atoms with Crippen LogP contribution in [0.5, 0.6) is 11.7 Å². The van der Waals surface area contributed by atoms with Crippen LogP contribution in [0.3, 0.4) is 0 Å². The molecule has 3 unspecified atom stereocenters. The van der Waals surface area contributed by atoms with Gasteiger partial charge in [0.15, 0.2) is 5.76 Å². The van der Waals surface area contributed by atoms with E-state index in [2.05, 4.69) is 5.32 Å². The van der Waals surface area contributed by atoms with E-state index >= 15 is 0 Å². The quantitative estimate of drug-likeness (QED) is 0.309. The van der Waals surface area contributed by atoms with E-state index < -0.39 is 23.6 Å². The summed E-state index contributed by atoms with van der Waals surface area (Å²) in [5.74, 6) is -2.16. The number of furan rings is 1. The normalized spacial score (nSPS) is 17.9. The molecule has 4 rings (SSSR count). The van der Waals surface area contributed by atoms with E-state index in [0.29, 0.717) is 22.2 Å². The molecular weight excluding hydrogens is 484 g/mol. The number of hydrogen-bond donors (Lipinski definition) is 1. The highest BCUT2D eigenvalue weighted by Crippen LogP contribution is 2.36. The fourth-order valence-electron chi connectivity index (χ4n) is 3.91. The first kappa shape index (κ1) is 23.9. The molecule has 176 valence electrons. The summed E-state index contributed by atoms with van der Waals surface area (Å²) in [5.41, 5.74) is 0.255. The lowest BCUT2D eigenvalue weighted by Crippen LogP contribution is -2.33. The Kier molecular flexibility index (Phi) is 7.24. The van der Waals surface area contributed by atoms with Crippen LogP contribution in [0.25, 0.3) is 0 Å². The van der Waals surface area contributed by atoms with Crippen LogP contribution < -0.4 is 10.1 Å². The Hall–Kier alpha value is -3.29. The van der Waals surface area contributed by atoms with Gasteiger partial charge in [0.05, 0.1) is 13.0 Å². The number of halogens is 3. The molecule has 3 atom stereocenters. The summed E-state index contributed by atoms with van der Waals surface area (Å²) >= 11 is 11.9. The molecule has 34 heavy (non-hydrogen) atoms. The van der Waals surface area contributed by atoms with E-state index in [9.17, 15) is 14.0 Å². The van der Waals surface area contributed by atoms with Crippen LogP contribution >= 0.6 is 23.2 Å². The van der Waals surface area contributed by atoms with Gasteiger partial charge in [-0.25, -0.2) is 4.39 Å². The van der Waals surface area contributed by atoms with Gasteiger partial charge in [-0.15, -0.1) is 0 Å². The van der Waals surface area contributed by atoms with E-state index in [4.69, 9.17) is 37.1 Å². The molecule has 0 spiro atoms. The van der Waals surface area contributed by atoms with Crippen LogP contribution in [0.4, 0.5) is 4.39 Å². The molecule has 0 fully saturated rings. The van der Waals surface area contributed by atoms with E-state index in [1.165, 1.54) is 25.3 Å². The summed E-state index contributed by atoms with van der Waals surface area (Å²) < 4.78 is 30.4. The average Bonchev–Trinajstić information content (AvgIpc) is 3.44. The summed E-state index contributed by atoms with van der Waals surface area (Å²) in [7, 11) is 1.27. The molecule has 1 aliphatic rings. The molecular formula is C25H20Cl2FNO5. The van der Waals surface area contributed by atoms with E-state index in [-0.39, 0.29) is 29.2 Å². The van der Waals surface area contributed by atoms with Crippen molar-refractivity contribution in [3.63, 3.8) is 0 Å². The monoisotopic (exact) mass is 503 g/mol. The first-order chi connectivity index (χ1) is 16.3. The van der Waals surface area contributed by atoms with Crippen molar-refractivity contribution in [3.8, 4) is 11.7 Å². The number of ether oxygens (including phenoxy) is 2. The second-order valence-electron chi connectivity index (χ2n) is 7.71. The molecule has 0 aliphatic heterocycles. The number of carbonyl (C=O) groups is 2. The predicted molar refractivity (Wildman–Crippen MR) is 125 cm³/mol. The molecule has 1 amide bonds. The minimum absolute atomic E-state index is 0.0404. The number of esters is 1. The number of methoxy groups -OCH3 is 1. The lowest BCUT2D eigenvalue weighted by molar-refractivity contribution is -0.143. The standard InChI is InChI=1S/C25H20Cl2FNO5/c1-32-25(31)23(19-4-2-3-5-20(19)28)14-6-7-17(10-14)29-24(30)21-8-9-22(34-21)33-18-12-15(26)11-16(27)13-18/h2-9,11-14,17,23H,10H2,1H3,(H,29,30). The van der Waals surface area contributed by atoms with Crippen molar-refractivity contribution in [3.05, 3.63) is 93.9 Å². The van der Waals surface area contributed by atoms with Gasteiger partial charge in [-0.05, 0) is 42.7 Å². The molecule has 1 heterocycles. The SMILES string of the molecule is COC(=O)C(c1ccccc1F)C1C=CC(NC(=O)c2ccc(Oc3cc(Cl)cc(Cl)c3)o2)C1. The van der Waals surface area contributed by atoms with Crippen LogP contribution in [0.1, 0.15) is 28.5 Å². The average molecular weight is 504 g/mol.